The van der Waals surface area contributed by atoms with Gasteiger partial charge in [0.25, 0.3) is 0 Å². The summed E-state index contributed by atoms with van der Waals surface area (Å²) in [4.78, 5) is 8.40. The highest BCUT2D eigenvalue weighted by atomic mass is 32.2. The predicted molar refractivity (Wildman–Crippen MR) is 111 cm³/mol. The van der Waals surface area contributed by atoms with Crippen LogP contribution in [-0.2, 0) is 0 Å². The largest absolute Gasteiger partial charge is 0.338 e. The monoisotopic (exact) mass is 360 g/mol. The Labute approximate surface area is 154 Å². The normalized spacial score (nSPS) is 15.4. The molecular weight excluding hydrogens is 344 g/mol. The predicted octanol–water partition coefficient (Wildman–Crippen LogP) is 6.30. The smallest absolute Gasteiger partial charge is 0.119 e. The van der Waals surface area contributed by atoms with Crippen LogP contribution >= 0.6 is 23.1 Å². The van der Waals surface area contributed by atoms with Crippen molar-refractivity contribution in [2.45, 2.75) is 11.8 Å². The van der Waals surface area contributed by atoms with Crippen LogP contribution < -0.4 is 4.90 Å². The number of thioether (sulfide) groups is 1. The third-order valence-electron chi connectivity index (χ3n) is 4.55. The van der Waals surface area contributed by atoms with Gasteiger partial charge in [-0.05, 0) is 36.1 Å². The number of rotatable bonds is 1. The van der Waals surface area contributed by atoms with Gasteiger partial charge in [-0.3, -0.25) is 0 Å². The molecular formula is C21H16N2S2. The van der Waals surface area contributed by atoms with Gasteiger partial charge < -0.3 is 4.90 Å². The van der Waals surface area contributed by atoms with E-state index in [4.69, 9.17) is 4.98 Å². The minimum Gasteiger partial charge on any atom is -0.338 e. The minimum absolute atomic E-state index is 1.06. The van der Waals surface area contributed by atoms with Crippen LogP contribution in [0.25, 0.3) is 27.1 Å². The first-order chi connectivity index (χ1) is 12.2. The summed E-state index contributed by atoms with van der Waals surface area (Å²) < 4.78 is 1.24. The molecule has 0 N–H and O–H groups in total. The second-order valence-corrected chi connectivity index (χ2v) is 8.42. The molecule has 2 heterocycles. The Morgan fingerprint density at radius 1 is 1.04 bits per heavy atom. The van der Waals surface area contributed by atoms with E-state index in [1.807, 2.05) is 11.8 Å². The number of nitrogens with zero attached hydrogens (tertiary/aromatic N) is 2. The summed E-state index contributed by atoms with van der Waals surface area (Å²) in [7, 11) is 2.15. The first-order valence-corrected chi connectivity index (χ1v) is 9.84. The first kappa shape index (κ1) is 15.0. The number of anilines is 1. The number of fused-ring (bicyclic) bond motifs is 4. The number of hydrogen-bond donors (Lipinski definition) is 0. The van der Waals surface area contributed by atoms with E-state index < -0.39 is 0 Å². The van der Waals surface area contributed by atoms with Crippen LogP contribution in [0.15, 0.2) is 64.5 Å². The Bertz CT molecular complexity index is 1160. The second-order valence-electron chi connectivity index (χ2n) is 6.30. The molecule has 0 bridgehead atoms. The lowest BCUT2D eigenvalue weighted by Gasteiger charge is -2.15. The molecule has 0 saturated carbocycles. The number of thiazole rings is 1. The highest BCUT2D eigenvalue weighted by Crippen LogP contribution is 2.49. The quantitative estimate of drug-likeness (QED) is 0.396. The summed E-state index contributed by atoms with van der Waals surface area (Å²) in [5, 5.41) is 4.87. The molecule has 0 fully saturated rings. The van der Waals surface area contributed by atoms with Gasteiger partial charge in [-0.2, -0.15) is 0 Å². The van der Waals surface area contributed by atoms with E-state index in [9.17, 15) is 0 Å². The Kier molecular flexibility index (Phi) is 3.37. The third-order valence-corrected chi connectivity index (χ3v) is 6.68. The summed E-state index contributed by atoms with van der Waals surface area (Å²) in [6.45, 7) is 2.11. The van der Waals surface area contributed by atoms with Gasteiger partial charge in [-0.1, -0.05) is 48.2 Å². The maximum Gasteiger partial charge on any atom is 0.119 e. The molecule has 0 atom stereocenters. The van der Waals surface area contributed by atoms with Gasteiger partial charge in [-0.15, -0.1) is 11.3 Å². The SMILES string of the molecule is Cc1ccc2sc(C=C3Sc4ccc5ccccc5c4N3C)nc2c1. The highest BCUT2D eigenvalue weighted by molar-refractivity contribution is 8.04. The van der Waals surface area contributed by atoms with E-state index in [0.717, 1.165) is 10.5 Å². The standard InChI is InChI=1S/C21H16N2S2/c1-13-7-9-17-16(11-13)22-19(24-17)12-20-23(2)21-15-6-4-3-5-14(15)8-10-18(21)25-20/h3-12H,1-2H3. The molecule has 0 saturated heterocycles. The highest BCUT2D eigenvalue weighted by Gasteiger charge is 2.24. The molecule has 0 radical (unpaired) electrons. The summed E-state index contributed by atoms with van der Waals surface area (Å²) in [5.41, 5.74) is 3.64. The van der Waals surface area contributed by atoms with E-state index >= 15 is 0 Å². The Morgan fingerprint density at radius 2 is 1.92 bits per heavy atom. The van der Waals surface area contributed by atoms with Crippen molar-refractivity contribution in [3.8, 4) is 0 Å². The van der Waals surface area contributed by atoms with Gasteiger partial charge in [0.2, 0.25) is 0 Å². The minimum atomic E-state index is 1.06. The van der Waals surface area contributed by atoms with Crippen molar-refractivity contribution in [2.75, 3.05) is 11.9 Å². The van der Waals surface area contributed by atoms with Crippen molar-refractivity contribution in [3.05, 3.63) is 70.2 Å². The number of aryl methyl sites for hydroxylation is 1. The zero-order valence-corrected chi connectivity index (χ0v) is 15.6. The average Bonchev–Trinajstić information content (AvgIpc) is 3.15. The van der Waals surface area contributed by atoms with E-state index in [-0.39, 0.29) is 0 Å². The molecule has 1 aliphatic rings. The Morgan fingerprint density at radius 3 is 2.84 bits per heavy atom. The zero-order valence-electron chi connectivity index (χ0n) is 14.0. The van der Waals surface area contributed by atoms with Gasteiger partial charge in [0.05, 0.1) is 20.9 Å². The molecule has 3 aromatic carbocycles. The molecule has 0 unspecified atom stereocenters. The van der Waals surface area contributed by atoms with Gasteiger partial charge in [-0.25, -0.2) is 4.98 Å². The molecule has 4 heteroatoms. The molecule has 0 spiro atoms. The maximum atomic E-state index is 4.80. The van der Waals surface area contributed by atoms with Crippen LogP contribution in [0, 0.1) is 6.92 Å². The van der Waals surface area contributed by atoms with Gasteiger partial charge in [0.15, 0.2) is 0 Å². The van der Waals surface area contributed by atoms with Crippen LogP contribution in [0.5, 0.6) is 0 Å². The van der Waals surface area contributed by atoms with Gasteiger partial charge in [0.1, 0.15) is 5.01 Å². The summed E-state index contributed by atoms with van der Waals surface area (Å²) in [6, 6.07) is 19.5. The van der Waals surface area contributed by atoms with Crippen LogP contribution in [0.1, 0.15) is 10.6 Å². The molecule has 1 aromatic heterocycles. The molecule has 5 rings (SSSR count). The van der Waals surface area contributed by atoms with Crippen LogP contribution in [0.2, 0.25) is 0 Å². The zero-order chi connectivity index (χ0) is 17.0. The molecule has 1 aliphatic heterocycles. The first-order valence-electron chi connectivity index (χ1n) is 8.21. The molecule has 122 valence electrons. The second kappa shape index (κ2) is 5.61. The van der Waals surface area contributed by atoms with E-state index in [0.29, 0.717) is 0 Å². The fraction of sp³-hybridized carbons (Fsp3) is 0.0952. The van der Waals surface area contributed by atoms with Crippen LogP contribution in [0.4, 0.5) is 5.69 Å². The molecule has 25 heavy (non-hydrogen) atoms. The maximum absolute atomic E-state index is 4.80. The topological polar surface area (TPSA) is 16.1 Å². The van der Waals surface area contributed by atoms with Gasteiger partial charge in [0, 0.05) is 23.4 Å². The Balaban J connectivity index is 1.60. The molecule has 0 aliphatic carbocycles. The van der Waals surface area contributed by atoms with E-state index in [2.05, 4.69) is 79.5 Å². The Hall–Kier alpha value is -2.30. The number of aromatic nitrogens is 1. The van der Waals surface area contributed by atoms with E-state index in [1.54, 1.807) is 11.3 Å². The molecule has 4 aromatic rings. The van der Waals surface area contributed by atoms with Crippen molar-refractivity contribution >= 4 is 55.9 Å². The molecule has 0 amide bonds. The van der Waals surface area contributed by atoms with Gasteiger partial charge >= 0.3 is 0 Å². The van der Waals surface area contributed by atoms with Crippen molar-refractivity contribution in [1.82, 2.24) is 4.98 Å². The van der Waals surface area contributed by atoms with Crippen LogP contribution in [-0.4, -0.2) is 12.0 Å². The van der Waals surface area contributed by atoms with Crippen molar-refractivity contribution in [1.29, 1.82) is 0 Å². The van der Waals surface area contributed by atoms with Crippen molar-refractivity contribution in [3.63, 3.8) is 0 Å². The summed E-state index contributed by atoms with van der Waals surface area (Å²) in [6.07, 6.45) is 2.21. The number of benzene rings is 3. The molecule has 2 nitrogen and oxygen atoms in total. The fourth-order valence-corrected chi connectivity index (χ4v) is 5.37. The van der Waals surface area contributed by atoms with E-state index in [1.165, 1.54) is 36.6 Å². The third kappa shape index (κ3) is 2.44. The lowest BCUT2D eigenvalue weighted by atomic mass is 10.1. The lowest BCUT2D eigenvalue weighted by molar-refractivity contribution is 1.20. The van der Waals surface area contributed by atoms with Crippen molar-refractivity contribution < 1.29 is 0 Å². The van der Waals surface area contributed by atoms with Crippen LogP contribution in [0.3, 0.4) is 0 Å². The number of hydrogen-bond acceptors (Lipinski definition) is 4. The summed E-state index contributed by atoms with van der Waals surface area (Å²) in [5.74, 6) is 0. The fourth-order valence-electron chi connectivity index (χ4n) is 3.30. The van der Waals surface area contributed by atoms with Crippen molar-refractivity contribution in [2.24, 2.45) is 0 Å². The average molecular weight is 361 g/mol. The lowest BCUT2D eigenvalue weighted by Crippen LogP contribution is -2.09. The summed E-state index contributed by atoms with van der Waals surface area (Å²) >= 11 is 3.57.